The van der Waals surface area contributed by atoms with Gasteiger partial charge in [-0.2, -0.15) is 0 Å². The van der Waals surface area contributed by atoms with Crippen molar-refractivity contribution in [3.63, 3.8) is 0 Å². The Balaban J connectivity index is 1.84. The molecule has 3 rings (SSSR count). The highest BCUT2D eigenvalue weighted by Gasteiger charge is 2.33. The second kappa shape index (κ2) is 7.03. The highest BCUT2D eigenvalue weighted by Crippen LogP contribution is 2.35. The maximum atomic E-state index is 11.4. The fraction of sp³-hybridized carbons (Fsp3) is 0.421. The summed E-state index contributed by atoms with van der Waals surface area (Å²) < 4.78 is 0. The third-order valence-corrected chi connectivity index (χ3v) is 4.64. The average molecular weight is 296 g/mol. The van der Waals surface area contributed by atoms with E-state index >= 15 is 0 Å². The van der Waals surface area contributed by atoms with E-state index in [0.717, 1.165) is 43.5 Å². The first-order chi connectivity index (χ1) is 10.8. The first kappa shape index (κ1) is 15.2. The molecule has 1 saturated heterocycles. The summed E-state index contributed by atoms with van der Waals surface area (Å²) in [7, 11) is 0. The Bertz CT molecular complexity index is 567. The third kappa shape index (κ3) is 3.73. The molecule has 3 heteroatoms. The van der Waals surface area contributed by atoms with E-state index in [1.807, 2.05) is 42.5 Å². The molecule has 1 atom stereocenters. The van der Waals surface area contributed by atoms with Crippen LogP contribution in [0.1, 0.15) is 30.4 Å². The van der Waals surface area contributed by atoms with Crippen LogP contribution in [0.3, 0.4) is 0 Å². The topological polar surface area (TPSA) is 45.2 Å². The Kier molecular flexibility index (Phi) is 4.86. The van der Waals surface area contributed by atoms with Crippen molar-refractivity contribution < 1.29 is 5.11 Å². The Morgan fingerprint density at radius 1 is 1.05 bits per heavy atom. The van der Waals surface area contributed by atoms with E-state index in [1.165, 1.54) is 0 Å². The molecule has 2 N–H and O–H groups in total. The fourth-order valence-electron chi connectivity index (χ4n) is 3.44. The molecule has 1 aliphatic heterocycles. The predicted molar refractivity (Wildman–Crippen MR) is 88.5 cm³/mol. The Labute approximate surface area is 132 Å². The van der Waals surface area contributed by atoms with Gasteiger partial charge in [0.1, 0.15) is 0 Å². The van der Waals surface area contributed by atoms with Crippen LogP contribution in [0.25, 0.3) is 0 Å². The van der Waals surface area contributed by atoms with E-state index in [9.17, 15) is 5.11 Å². The Morgan fingerprint density at radius 3 is 2.41 bits per heavy atom. The molecular weight excluding hydrogens is 272 g/mol. The van der Waals surface area contributed by atoms with Gasteiger partial charge in [0.05, 0.1) is 5.60 Å². The van der Waals surface area contributed by atoms with Crippen LogP contribution in [0.5, 0.6) is 0 Å². The molecule has 0 radical (unpaired) electrons. The van der Waals surface area contributed by atoms with Crippen LogP contribution in [0.4, 0.5) is 0 Å². The van der Waals surface area contributed by atoms with Gasteiger partial charge in [0, 0.05) is 18.8 Å². The summed E-state index contributed by atoms with van der Waals surface area (Å²) in [5.74, 6) is 0.577. The molecule has 116 valence electrons. The van der Waals surface area contributed by atoms with E-state index in [1.54, 1.807) is 12.4 Å². The minimum Gasteiger partial charge on any atom is -0.385 e. The summed E-state index contributed by atoms with van der Waals surface area (Å²) in [6, 6.07) is 14.1. The van der Waals surface area contributed by atoms with Crippen molar-refractivity contribution in [2.75, 3.05) is 13.1 Å². The van der Waals surface area contributed by atoms with Crippen molar-refractivity contribution in [1.29, 1.82) is 0 Å². The first-order valence-corrected chi connectivity index (χ1v) is 8.14. The SMILES string of the molecule is OC(Cc1ccncc1)(CC1CCNCC1)c1ccccc1. The van der Waals surface area contributed by atoms with Gasteiger partial charge in [-0.15, -0.1) is 0 Å². The number of rotatable bonds is 5. The number of hydrogen-bond donors (Lipinski definition) is 2. The van der Waals surface area contributed by atoms with Crippen LogP contribution < -0.4 is 5.32 Å². The van der Waals surface area contributed by atoms with Crippen molar-refractivity contribution in [3.05, 3.63) is 66.0 Å². The van der Waals surface area contributed by atoms with Gasteiger partial charge in [0.15, 0.2) is 0 Å². The Hall–Kier alpha value is -1.71. The molecular formula is C19H24N2O. The molecule has 1 aliphatic rings. The first-order valence-electron chi connectivity index (χ1n) is 8.14. The van der Waals surface area contributed by atoms with E-state index in [4.69, 9.17) is 0 Å². The van der Waals surface area contributed by atoms with Crippen molar-refractivity contribution in [3.8, 4) is 0 Å². The molecule has 1 fully saturated rings. The van der Waals surface area contributed by atoms with Crippen molar-refractivity contribution >= 4 is 0 Å². The summed E-state index contributed by atoms with van der Waals surface area (Å²) in [5.41, 5.74) is 1.35. The van der Waals surface area contributed by atoms with E-state index in [-0.39, 0.29) is 0 Å². The number of benzene rings is 1. The number of pyridine rings is 1. The minimum absolute atomic E-state index is 0.577. The van der Waals surface area contributed by atoms with Gasteiger partial charge in [-0.25, -0.2) is 0 Å². The zero-order chi connectivity index (χ0) is 15.3. The molecule has 0 spiro atoms. The molecule has 22 heavy (non-hydrogen) atoms. The van der Waals surface area contributed by atoms with Crippen LogP contribution >= 0.6 is 0 Å². The largest absolute Gasteiger partial charge is 0.385 e. The molecule has 3 nitrogen and oxygen atoms in total. The molecule has 2 aromatic rings. The van der Waals surface area contributed by atoms with Crippen LogP contribution in [0.15, 0.2) is 54.9 Å². The lowest BCUT2D eigenvalue weighted by Gasteiger charge is -2.34. The van der Waals surface area contributed by atoms with Gasteiger partial charge in [0.25, 0.3) is 0 Å². The second-order valence-electron chi connectivity index (χ2n) is 6.33. The molecule has 0 bridgehead atoms. The standard InChI is InChI=1S/C19H24N2O/c22-19(18-4-2-1-3-5-18,14-16-6-10-20-11-7-16)15-17-8-12-21-13-9-17/h1-7,10-11,17,21-22H,8-9,12-15H2. The van der Waals surface area contributed by atoms with Crippen molar-refractivity contribution in [2.24, 2.45) is 5.92 Å². The average Bonchev–Trinajstić information content (AvgIpc) is 2.57. The van der Waals surface area contributed by atoms with Crippen LogP contribution in [0.2, 0.25) is 0 Å². The van der Waals surface area contributed by atoms with Crippen LogP contribution in [0, 0.1) is 5.92 Å². The van der Waals surface area contributed by atoms with Gasteiger partial charge < -0.3 is 10.4 Å². The monoisotopic (exact) mass is 296 g/mol. The smallest absolute Gasteiger partial charge is 0.0939 e. The molecule has 2 heterocycles. The van der Waals surface area contributed by atoms with Crippen molar-refractivity contribution in [2.45, 2.75) is 31.3 Å². The predicted octanol–water partition coefficient (Wildman–Crippen LogP) is 2.90. The third-order valence-electron chi connectivity index (χ3n) is 4.64. The van der Waals surface area contributed by atoms with Gasteiger partial charge in [0.2, 0.25) is 0 Å². The van der Waals surface area contributed by atoms with Crippen LogP contribution in [-0.4, -0.2) is 23.2 Å². The molecule has 0 amide bonds. The number of aromatic nitrogens is 1. The van der Waals surface area contributed by atoms with Gasteiger partial charge in [-0.1, -0.05) is 30.3 Å². The molecule has 0 saturated carbocycles. The molecule has 1 aromatic carbocycles. The quantitative estimate of drug-likeness (QED) is 0.892. The Morgan fingerprint density at radius 2 is 1.73 bits per heavy atom. The van der Waals surface area contributed by atoms with E-state index in [2.05, 4.69) is 10.3 Å². The number of aliphatic hydroxyl groups is 1. The summed E-state index contributed by atoms with van der Waals surface area (Å²) in [6.45, 7) is 2.12. The summed E-state index contributed by atoms with van der Waals surface area (Å²) in [6.07, 6.45) is 7.35. The van der Waals surface area contributed by atoms with E-state index < -0.39 is 5.60 Å². The van der Waals surface area contributed by atoms with Crippen molar-refractivity contribution in [1.82, 2.24) is 10.3 Å². The minimum atomic E-state index is -0.801. The van der Waals surface area contributed by atoms with Gasteiger partial charge >= 0.3 is 0 Å². The number of nitrogens with zero attached hydrogens (tertiary/aromatic N) is 1. The zero-order valence-corrected chi connectivity index (χ0v) is 12.9. The van der Waals surface area contributed by atoms with Crippen LogP contribution in [-0.2, 0) is 12.0 Å². The fourth-order valence-corrected chi connectivity index (χ4v) is 3.44. The highest BCUT2D eigenvalue weighted by molar-refractivity contribution is 5.26. The number of nitrogens with one attached hydrogen (secondary N) is 1. The van der Waals surface area contributed by atoms with Gasteiger partial charge in [-0.05, 0) is 61.5 Å². The normalized spacial score (nSPS) is 18.8. The number of hydrogen-bond acceptors (Lipinski definition) is 3. The van der Waals surface area contributed by atoms with E-state index in [0.29, 0.717) is 12.3 Å². The maximum Gasteiger partial charge on any atom is 0.0939 e. The number of piperidine rings is 1. The lowest BCUT2D eigenvalue weighted by Crippen LogP contribution is -2.36. The lowest BCUT2D eigenvalue weighted by molar-refractivity contribution is 0.00656. The lowest BCUT2D eigenvalue weighted by atomic mass is 9.77. The summed E-state index contributed by atoms with van der Waals surface area (Å²) >= 11 is 0. The molecule has 1 aromatic heterocycles. The molecule has 0 aliphatic carbocycles. The molecule has 1 unspecified atom stereocenters. The summed E-state index contributed by atoms with van der Waals surface area (Å²) in [5, 5.41) is 14.8. The van der Waals surface area contributed by atoms with Gasteiger partial charge in [-0.3, -0.25) is 4.98 Å². The zero-order valence-electron chi connectivity index (χ0n) is 12.9. The maximum absolute atomic E-state index is 11.4. The summed E-state index contributed by atoms with van der Waals surface area (Å²) in [4.78, 5) is 4.07. The highest BCUT2D eigenvalue weighted by atomic mass is 16.3. The second-order valence-corrected chi connectivity index (χ2v) is 6.33.